The topological polar surface area (TPSA) is 58.4 Å². The number of nitrogens with zero attached hydrogens (tertiary/aromatic N) is 2. The van der Waals surface area contributed by atoms with Crippen molar-refractivity contribution in [3.05, 3.63) is 47.9 Å². The summed E-state index contributed by atoms with van der Waals surface area (Å²) in [6, 6.07) is 9.52. The van der Waals surface area contributed by atoms with E-state index in [1.165, 1.54) is 0 Å². The second-order valence-electron chi connectivity index (χ2n) is 5.33. The van der Waals surface area contributed by atoms with Gasteiger partial charge in [0.1, 0.15) is 5.76 Å². The summed E-state index contributed by atoms with van der Waals surface area (Å²) in [7, 11) is 0. The lowest BCUT2D eigenvalue weighted by molar-refractivity contribution is 0.200. The van der Waals surface area contributed by atoms with Gasteiger partial charge in [0, 0.05) is 12.2 Å². The number of urea groups is 1. The average Bonchev–Trinajstić information content (AvgIpc) is 3.26. The Balaban J connectivity index is 1.53. The lowest BCUT2D eigenvalue weighted by Gasteiger charge is -2.23. The average molecular weight is 313 g/mol. The van der Waals surface area contributed by atoms with Gasteiger partial charge in [-0.3, -0.25) is 0 Å². The molecule has 112 valence electrons. The number of anilines is 1. The van der Waals surface area contributed by atoms with Gasteiger partial charge in [-0.25, -0.2) is 9.78 Å². The molecule has 3 aromatic rings. The molecule has 0 spiro atoms. The molecular formula is C16H15N3O2S. The zero-order chi connectivity index (χ0) is 14.9. The number of thiazole rings is 1. The SMILES string of the molecule is O=C(Nc1ccc2ncsc2c1)N1CCC[C@H]1c1ccco1. The lowest BCUT2D eigenvalue weighted by Crippen LogP contribution is -2.34. The lowest BCUT2D eigenvalue weighted by atomic mass is 10.2. The van der Waals surface area contributed by atoms with Crippen molar-refractivity contribution < 1.29 is 9.21 Å². The van der Waals surface area contributed by atoms with E-state index in [2.05, 4.69) is 10.3 Å². The first kappa shape index (κ1) is 13.3. The number of furan rings is 1. The molecule has 3 heterocycles. The predicted octanol–water partition coefficient (Wildman–Crippen LogP) is 4.26. The fourth-order valence-corrected chi connectivity index (χ4v) is 3.63. The molecule has 2 amide bonds. The first-order valence-electron chi connectivity index (χ1n) is 7.25. The molecule has 1 fully saturated rings. The molecule has 0 unspecified atom stereocenters. The maximum Gasteiger partial charge on any atom is 0.322 e. The highest BCUT2D eigenvalue weighted by molar-refractivity contribution is 7.16. The van der Waals surface area contributed by atoms with Crippen LogP contribution < -0.4 is 5.32 Å². The highest BCUT2D eigenvalue weighted by Crippen LogP contribution is 2.32. The van der Waals surface area contributed by atoms with Crippen LogP contribution in [0.4, 0.5) is 10.5 Å². The molecule has 0 aliphatic carbocycles. The second-order valence-corrected chi connectivity index (χ2v) is 6.22. The van der Waals surface area contributed by atoms with Crippen molar-refractivity contribution in [1.82, 2.24) is 9.88 Å². The summed E-state index contributed by atoms with van der Waals surface area (Å²) in [6.45, 7) is 0.750. The molecular weight excluding hydrogens is 298 g/mol. The van der Waals surface area contributed by atoms with Gasteiger partial charge in [0.2, 0.25) is 0 Å². The van der Waals surface area contributed by atoms with Crippen LogP contribution in [0.25, 0.3) is 10.2 Å². The zero-order valence-corrected chi connectivity index (χ0v) is 12.7. The van der Waals surface area contributed by atoms with Crippen LogP contribution in [0, 0.1) is 0 Å². The number of carbonyl (C=O) groups excluding carboxylic acids is 1. The minimum Gasteiger partial charge on any atom is -0.467 e. The van der Waals surface area contributed by atoms with E-state index in [-0.39, 0.29) is 12.1 Å². The van der Waals surface area contributed by atoms with Gasteiger partial charge in [-0.05, 0) is 43.2 Å². The molecule has 0 saturated carbocycles. The van der Waals surface area contributed by atoms with Crippen molar-refractivity contribution in [2.24, 2.45) is 0 Å². The molecule has 1 atom stereocenters. The van der Waals surface area contributed by atoms with Crippen LogP contribution in [0.2, 0.25) is 0 Å². The summed E-state index contributed by atoms with van der Waals surface area (Å²) in [6.07, 6.45) is 3.59. The molecule has 2 aromatic heterocycles. The van der Waals surface area contributed by atoms with Gasteiger partial charge in [-0.15, -0.1) is 11.3 Å². The number of fused-ring (bicyclic) bond motifs is 1. The van der Waals surface area contributed by atoms with Gasteiger partial charge in [0.15, 0.2) is 0 Å². The van der Waals surface area contributed by atoms with Crippen LogP contribution in [0.3, 0.4) is 0 Å². The van der Waals surface area contributed by atoms with Gasteiger partial charge < -0.3 is 14.6 Å². The van der Waals surface area contributed by atoms with Crippen LogP contribution >= 0.6 is 11.3 Å². The standard InChI is InChI=1S/C16H15N3O2S/c20-16(18-11-5-6-12-15(9-11)22-10-17-12)19-7-1-3-13(19)14-4-2-8-21-14/h2,4-6,8-10,13H,1,3,7H2,(H,18,20)/t13-/m0/s1. The van der Waals surface area contributed by atoms with Crippen molar-refractivity contribution in [3.63, 3.8) is 0 Å². The van der Waals surface area contributed by atoms with Crippen LogP contribution in [-0.2, 0) is 0 Å². The van der Waals surface area contributed by atoms with E-state index in [0.29, 0.717) is 0 Å². The van der Waals surface area contributed by atoms with Crippen LogP contribution in [-0.4, -0.2) is 22.5 Å². The largest absolute Gasteiger partial charge is 0.467 e. The highest BCUT2D eigenvalue weighted by atomic mass is 32.1. The number of rotatable bonds is 2. The molecule has 1 N–H and O–H groups in total. The number of carbonyl (C=O) groups is 1. The van der Waals surface area contributed by atoms with Crippen molar-refractivity contribution in [1.29, 1.82) is 0 Å². The Hall–Kier alpha value is -2.34. The Labute approximate surface area is 131 Å². The van der Waals surface area contributed by atoms with Crippen LogP contribution in [0.5, 0.6) is 0 Å². The Bertz CT molecular complexity index is 797. The quantitative estimate of drug-likeness (QED) is 0.769. The summed E-state index contributed by atoms with van der Waals surface area (Å²) in [4.78, 5) is 18.6. The van der Waals surface area contributed by atoms with E-state index in [9.17, 15) is 4.79 Å². The first-order chi connectivity index (χ1) is 10.8. The van der Waals surface area contributed by atoms with Crippen molar-refractivity contribution in [2.75, 3.05) is 11.9 Å². The Morgan fingerprint density at radius 3 is 3.23 bits per heavy atom. The van der Waals surface area contributed by atoms with E-state index in [4.69, 9.17) is 4.42 Å². The Morgan fingerprint density at radius 1 is 1.41 bits per heavy atom. The smallest absolute Gasteiger partial charge is 0.322 e. The molecule has 1 saturated heterocycles. The summed E-state index contributed by atoms with van der Waals surface area (Å²) in [5, 5.41) is 2.98. The van der Waals surface area contributed by atoms with Crippen LogP contribution in [0.15, 0.2) is 46.5 Å². The molecule has 0 bridgehead atoms. The van der Waals surface area contributed by atoms with E-state index in [0.717, 1.165) is 41.1 Å². The summed E-state index contributed by atoms with van der Waals surface area (Å²) in [5.41, 5.74) is 3.56. The van der Waals surface area contributed by atoms with E-state index in [1.54, 1.807) is 17.6 Å². The van der Waals surface area contributed by atoms with Gasteiger partial charge in [-0.1, -0.05) is 0 Å². The number of nitrogens with one attached hydrogen (secondary N) is 1. The zero-order valence-electron chi connectivity index (χ0n) is 11.9. The molecule has 5 nitrogen and oxygen atoms in total. The van der Waals surface area contributed by atoms with Crippen molar-refractivity contribution >= 4 is 33.3 Å². The number of hydrogen-bond donors (Lipinski definition) is 1. The van der Waals surface area contributed by atoms with Gasteiger partial charge in [0.25, 0.3) is 0 Å². The van der Waals surface area contributed by atoms with Crippen molar-refractivity contribution in [3.8, 4) is 0 Å². The molecule has 4 rings (SSSR count). The third-order valence-electron chi connectivity index (χ3n) is 3.97. The predicted molar refractivity (Wildman–Crippen MR) is 86.0 cm³/mol. The third kappa shape index (κ3) is 2.35. The number of likely N-dealkylation sites (tertiary alicyclic amines) is 1. The van der Waals surface area contributed by atoms with E-state index < -0.39 is 0 Å². The normalized spacial score (nSPS) is 18.0. The second kappa shape index (κ2) is 5.46. The summed E-state index contributed by atoms with van der Waals surface area (Å²) >= 11 is 1.57. The fraction of sp³-hybridized carbons (Fsp3) is 0.250. The van der Waals surface area contributed by atoms with Crippen LogP contribution in [0.1, 0.15) is 24.6 Å². The minimum absolute atomic E-state index is 0.0298. The van der Waals surface area contributed by atoms with Gasteiger partial charge >= 0.3 is 6.03 Å². The van der Waals surface area contributed by atoms with E-state index >= 15 is 0 Å². The summed E-state index contributed by atoms with van der Waals surface area (Å²) in [5.74, 6) is 0.852. The third-order valence-corrected chi connectivity index (χ3v) is 4.76. The minimum atomic E-state index is -0.0808. The Morgan fingerprint density at radius 2 is 2.36 bits per heavy atom. The number of aromatic nitrogens is 1. The monoisotopic (exact) mass is 313 g/mol. The molecule has 1 aromatic carbocycles. The Kier molecular flexibility index (Phi) is 3.31. The van der Waals surface area contributed by atoms with Gasteiger partial charge in [0.05, 0.1) is 28.0 Å². The summed E-state index contributed by atoms with van der Waals surface area (Å²) < 4.78 is 6.54. The fourth-order valence-electron chi connectivity index (χ4n) is 2.91. The molecule has 1 aliphatic rings. The number of benzene rings is 1. The molecule has 1 aliphatic heterocycles. The molecule has 22 heavy (non-hydrogen) atoms. The highest BCUT2D eigenvalue weighted by Gasteiger charge is 2.31. The van der Waals surface area contributed by atoms with Crippen molar-refractivity contribution in [2.45, 2.75) is 18.9 Å². The number of amides is 2. The molecule has 0 radical (unpaired) electrons. The van der Waals surface area contributed by atoms with Gasteiger partial charge in [-0.2, -0.15) is 0 Å². The molecule has 6 heteroatoms. The maximum atomic E-state index is 12.6. The maximum absolute atomic E-state index is 12.6. The first-order valence-corrected chi connectivity index (χ1v) is 8.13. The van der Waals surface area contributed by atoms with E-state index in [1.807, 2.05) is 40.7 Å². The number of hydrogen-bond acceptors (Lipinski definition) is 4.